The lowest BCUT2D eigenvalue weighted by Crippen LogP contribution is -2.31. The zero-order chi connectivity index (χ0) is 15.5. The fourth-order valence-corrected chi connectivity index (χ4v) is 3.05. The zero-order valence-electron chi connectivity index (χ0n) is 13.1. The predicted molar refractivity (Wildman–Crippen MR) is 87.1 cm³/mol. The van der Waals surface area contributed by atoms with Crippen LogP contribution in [0.15, 0.2) is 42.5 Å². The van der Waals surface area contributed by atoms with Crippen LogP contribution in [0.25, 0.3) is 0 Å². The lowest BCUT2D eigenvalue weighted by atomic mass is 10.1. The molecule has 0 fully saturated rings. The average Bonchev–Trinajstić information content (AvgIpc) is 2.90. The second-order valence-corrected chi connectivity index (χ2v) is 5.92. The second kappa shape index (κ2) is 6.22. The highest BCUT2D eigenvalue weighted by Gasteiger charge is 2.23. The summed E-state index contributed by atoms with van der Waals surface area (Å²) >= 11 is 0. The van der Waals surface area contributed by atoms with Gasteiger partial charge < -0.3 is 10.1 Å². The van der Waals surface area contributed by atoms with Crippen LogP contribution in [0.5, 0.6) is 5.75 Å². The Labute approximate surface area is 131 Å². The van der Waals surface area contributed by atoms with Gasteiger partial charge in [0.2, 0.25) is 0 Å². The van der Waals surface area contributed by atoms with Gasteiger partial charge in [-0.15, -0.1) is 0 Å². The molecule has 0 bridgehead atoms. The Morgan fingerprint density at radius 2 is 2.05 bits per heavy atom. The van der Waals surface area contributed by atoms with E-state index in [2.05, 4.69) is 23.5 Å². The third kappa shape index (κ3) is 3.14. The number of hydrogen-bond donors (Lipinski definition) is 1. The maximum Gasteiger partial charge on any atom is 0.258 e. The zero-order valence-corrected chi connectivity index (χ0v) is 13.1. The van der Waals surface area contributed by atoms with Gasteiger partial charge in [-0.3, -0.25) is 4.79 Å². The van der Waals surface area contributed by atoms with Crippen LogP contribution in [-0.2, 0) is 11.2 Å². The molecule has 1 aliphatic rings. The minimum absolute atomic E-state index is 0.0581. The molecule has 0 aromatic heterocycles. The maximum atomic E-state index is 12.1. The number of rotatable bonds is 4. The first-order chi connectivity index (χ1) is 10.6. The minimum Gasteiger partial charge on any atom is -0.484 e. The summed E-state index contributed by atoms with van der Waals surface area (Å²) in [4.78, 5) is 12.1. The number of amides is 1. The van der Waals surface area contributed by atoms with Crippen molar-refractivity contribution in [3.8, 4) is 5.75 Å². The highest BCUT2D eigenvalue weighted by atomic mass is 16.5. The Balaban J connectivity index is 1.57. The van der Waals surface area contributed by atoms with Crippen molar-refractivity contribution >= 4 is 5.91 Å². The summed E-state index contributed by atoms with van der Waals surface area (Å²) in [6, 6.07) is 14.4. The van der Waals surface area contributed by atoms with E-state index in [4.69, 9.17) is 4.74 Å². The molecule has 0 unspecified atom stereocenters. The molecule has 1 N–H and O–H groups in total. The molecule has 3 heteroatoms. The fraction of sp³-hybridized carbons (Fsp3) is 0.316. The van der Waals surface area contributed by atoms with E-state index >= 15 is 0 Å². The minimum atomic E-state index is -0.0679. The van der Waals surface area contributed by atoms with Crippen molar-refractivity contribution in [1.82, 2.24) is 5.32 Å². The van der Waals surface area contributed by atoms with Crippen LogP contribution in [0.2, 0.25) is 0 Å². The lowest BCUT2D eigenvalue weighted by Gasteiger charge is -2.15. The first kappa shape index (κ1) is 14.6. The SMILES string of the molecule is Cc1ccc(OCC(=O)N[C@H]2CCc3ccccc32)c(C)c1. The van der Waals surface area contributed by atoms with E-state index < -0.39 is 0 Å². The van der Waals surface area contributed by atoms with Crippen LogP contribution < -0.4 is 10.1 Å². The monoisotopic (exact) mass is 295 g/mol. The number of hydrogen-bond acceptors (Lipinski definition) is 2. The van der Waals surface area contributed by atoms with Crippen LogP contribution in [-0.4, -0.2) is 12.5 Å². The van der Waals surface area contributed by atoms with E-state index in [1.165, 1.54) is 16.7 Å². The molecule has 0 heterocycles. The van der Waals surface area contributed by atoms with E-state index in [9.17, 15) is 4.79 Å². The van der Waals surface area contributed by atoms with Gasteiger partial charge in [0.1, 0.15) is 5.75 Å². The van der Waals surface area contributed by atoms with E-state index in [1.54, 1.807) is 0 Å². The molecule has 1 amide bonds. The average molecular weight is 295 g/mol. The van der Waals surface area contributed by atoms with E-state index in [-0.39, 0.29) is 18.6 Å². The third-order valence-electron chi connectivity index (χ3n) is 4.16. The molecular formula is C19H21NO2. The molecule has 0 spiro atoms. The number of benzene rings is 2. The number of aryl methyl sites for hydroxylation is 3. The first-order valence-corrected chi connectivity index (χ1v) is 7.71. The number of fused-ring (bicyclic) bond motifs is 1. The topological polar surface area (TPSA) is 38.3 Å². The third-order valence-corrected chi connectivity index (χ3v) is 4.16. The van der Waals surface area contributed by atoms with Gasteiger partial charge in [0.15, 0.2) is 6.61 Å². The van der Waals surface area contributed by atoms with Crippen molar-refractivity contribution in [3.63, 3.8) is 0 Å². The standard InChI is InChI=1S/C19H21NO2/c1-13-7-10-18(14(2)11-13)22-12-19(21)20-17-9-8-15-5-3-4-6-16(15)17/h3-7,10-11,17H,8-9,12H2,1-2H3,(H,20,21)/t17-/m0/s1. The van der Waals surface area contributed by atoms with Gasteiger partial charge in [-0.2, -0.15) is 0 Å². The van der Waals surface area contributed by atoms with Gasteiger partial charge in [-0.25, -0.2) is 0 Å². The molecule has 3 rings (SSSR count). The lowest BCUT2D eigenvalue weighted by molar-refractivity contribution is -0.123. The van der Waals surface area contributed by atoms with Crippen molar-refractivity contribution in [3.05, 3.63) is 64.7 Å². The molecule has 3 nitrogen and oxygen atoms in total. The van der Waals surface area contributed by atoms with Crippen molar-refractivity contribution in [2.24, 2.45) is 0 Å². The van der Waals surface area contributed by atoms with Gasteiger partial charge in [-0.05, 0) is 49.4 Å². The van der Waals surface area contributed by atoms with Crippen LogP contribution in [0, 0.1) is 13.8 Å². The number of carbonyl (C=O) groups excluding carboxylic acids is 1. The van der Waals surface area contributed by atoms with Crippen molar-refractivity contribution in [1.29, 1.82) is 0 Å². The van der Waals surface area contributed by atoms with Gasteiger partial charge >= 0.3 is 0 Å². The molecule has 1 aliphatic carbocycles. The fourth-order valence-electron chi connectivity index (χ4n) is 3.05. The molecular weight excluding hydrogens is 274 g/mol. The molecule has 2 aromatic rings. The Morgan fingerprint density at radius 3 is 2.86 bits per heavy atom. The highest BCUT2D eigenvalue weighted by molar-refractivity contribution is 5.78. The number of nitrogens with one attached hydrogen (secondary N) is 1. The summed E-state index contributed by atoms with van der Waals surface area (Å²) in [5.41, 5.74) is 4.82. The molecule has 0 saturated carbocycles. The van der Waals surface area contributed by atoms with Gasteiger partial charge in [-0.1, -0.05) is 42.0 Å². The Kier molecular flexibility index (Phi) is 4.14. The van der Waals surface area contributed by atoms with Crippen LogP contribution in [0.1, 0.15) is 34.7 Å². The van der Waals surface area contributed by atoms with Crippen LogP contribution in [0.4, 0.5) is 0 Å². The molecule has 0 aliphatic heterocycles. The largest absolute Gasteiger partial charge is 0.484 e. The van der Waals surface area contributed by atoms with E-state index in [0.29, 0.717) is 0 Å². The Bertz CT molecular complexity index is 694. The molecule has 2 aromatic carbocycles. The maximum absolute atomic E-state index is 12.1. The van der Waals surface area contributed by atoms with Crippen molar-refractivity contribution in [2.45, 2.75) is 32.7 Å². The van der Waals surface area contributed by atoms with E-state index in [0.717, 1.165) is 24.2 Å². The highest BCUT2D eigenvalue weighted by Crippen LogP contribution is 2.30. The molecule has 1 atom stereocenters. The Hall–Kier alpha value is -2.29. The number of ether oxygens (including phenoxy) is 1. The van der Waals surface area contributed by atoms with Gasteiger partial charge in [0.05, 0.1) is 6.04 Å². The molecule has 0 radical (unpaired) electrons. The summed E-state index contributed by atoms with van der Waals surface area (Å²) in [7, 11) is 0. The molecule has 114 valence electrons. The molecule has 0 saturated heterocycles. The second-order valence-electron chi connectivity index (χ2n) is 5.92. The first-order valence-electron chi connectivity index (χ1n) is 7.71. The summed E-state index contributed by atoms with van der Waals surface area (Å²) in [5, 5.41) is 3.07. The number of carbonyl (C=O) groups is 1. The van der Waals surface area contributed by atoms with Crippen molar-refractivity contribution in [2.75, 3.05) is 6.61 Å². The normalized spacial score (nSPS) is 16.2. The smallest absolute Gasteiger partial charge is 0.258 e. The van der Waals surface area contributed by atoms with Crippen LogP contribution >= 0.6 is 0 Å². The van der Waals surface area contributed by atoms with E-state index in [1.807, 2.05) is 38.1 Å². The summed E-state index contributed by atoms with van der Waals surface area (Å²) in [6.45, 7) is 4.09. The summed E-state index contributed by atoms with van der Waals surface area (Å²) < 4.78 is 5.64. The predicted octanol–water partition coefficient (Wildman–Crippen LogP) is 3.49. The quantitative estimate of drug-likeness (QED) is 0.937. The summed E-state index contributed by atoms with van der Waals surface area (Å²) in [5.74, 6) is 0.703. The van der Waals surface area contributed by atoms with Gasteiger partial charge in [0, 0.05) is 0 Å². The summed E-state index contributed by atoms with van der Waals surface area (Å²) in [6.07, 6.45) is 1.99. The Morgan fingerprint density at radius 1 is 1.23 bits per heavy atom. The van der Waals surface area contributed by atoms with Crippen LogP contribution in [0.3, 0.4) is 0 Å². The van der Waals surface area contributed by atoms with Gasteiger partial charge in [0.25, 0.3) is 5.91 Å². The molecule has 22 heavy (non-hydrogen) atoms. The van der Waals surface area contributed by atoms with Crippen molar-refractivity contribution < 1.29 is 9.53 Å².